The predicted molar refractivity (Wildman–Crippen MR) is 85.7 cm³/mol. The monoisotopic (exact) mass is 367 g/mol. The van der Waals surface area contributed by atoms with Crippen molar-refractivity contribution in [3.8, 4) is 0 Å². The molecule has 2 rings (SSSR count). The van der Waals surface area contributed by atoms with E-state index in [9.17, 15) is 0 Å². The van der Waals surface area contributed by atoms with Gasteiger partial charge in [0.05, 0.1) is 6.61 Å². The molecule has 1 aliphatic heterocycles. The molecular weight excluding hydrogens is 341 g/mol. The largest absolute Gasteiger partial charge is 0.381 e. The van der Waals surface area contributed by atoms with Crippen LogP contribution in [0, 0.1) is 11.8 Å². The van der Waals surface area contributed by atoms with Crippen LogP contribution in [0.1, 0.15) is 25.7 Å². The van der Waals surface area contributed by atoms with Crippen molar-refractivity contribution in [2.75, 3.05) is 40.4 Å². The second-order valence-electron chi connectivity index (χ2n) is 5.32. The fourth-order valence-corrected chi connectivity index (χ4v) is 2.38. The van der Waals surface area contributed by atoms with E-state index in [1.807, 2.05) is 7.05 Å². The molecule has 0 spiro atoms. The first-order valence-corrected chi connectivity index (χ1v) is 6.79. The highest BCUT2D eigenvalue weighted by Gasteiger charge is 2.21. The van der Waals surface area contributed by atoms with Crippen LogP contribution in [-0.2, 0) is 4.74 Å². The maximum absolute atomic E-state index is 5.41. The van der Waals surface area contributed by atoms with Gasteiger partial charge in [0.2, 0.25) is 0 Å². The summed E-state index contributed by atoms with van der Waals surface area (Å²) in [5.74, 6) is 2.67. The molecule has 0 amide bonds. The van der Waals surface area contributed by atoms with Gasteiger partial charge in [0.1, 0.15) is 0 Å². The van der Waals surface area contributed by atoms with E-state index in [-0.39, 0.29) is 24.0 Å². The second kappa shape index (κ2) is 8.19. The summed E-state index contributed by atoms with van der Waals surface area (Å²) in [7, 11) is 3.98. The Hall–Kier alpha value is -0.0400. The van der Waals surface area contributed by atoms with Gasteiger partial charge in [-0.2, -0.15) is 0 Å². The number of nitrogens with zero attached hydrogens (tertiary/aromatic N) is 2. The van der Waals surface area contributed by atoms with E-state index < -0.39 is 0 Å². The highest BCUT2D eigenvalue weighted by atomic mass is 127. The van der Waals surface area contributed by atoms with Crippen molar-refractivity contribution in [1.82, 2.24) is 10.2 Å². The van der Waals surface area contributed by atoms with Crippen LogP contribution in [0.4, 0.5) is 0 Å². The lowest BCUT2D eigenvalue weighted by Crippen LogP contribution is -2.41. The van der Waals surface area contributed by atoms with E-state index in [4.69, 9.17) is 4.74 Å². The highest BCUT2D eigenvalue weighted by molar-refractivity contribution is 14.0. The molecule has 2 aliphatic rings. The van der Waals surface area contributed by atoms with E-state index in [0.717, 1.165) is 38.2 Å². The van der Waals surface area contributed by atoms with Crippen LogP contribution in [0.25, 0.3) is 0 Å². The predicted octanol–water partition coefficient (Wildman–Crippen LogP) is 1.95. The minimum atomic E-state index is 0. The molecular formula is C13H26IN3O. The minimum absolute atomic E-state index is 0. The molecule has 1 atom stereocenters. The molecule has 106 valence electrons. The molecule has 0 aromatic carbocycles. The zero-order chi connectivity index (χ0) is 12.1. The lowest BCUT2D eigenvalue weighted by Gasteiger charge is -2.24. The Labute approximate surface area is 128 Å². The zero-order valence-corrected chi connectivity index (χ0v) is 13.9. The topological polar surface area (TPSA) is 36.9 Å². The summed E-state index contributed by atoms with van der Waals surface area (Å²) in [5, 5.41) is 3.45. The molecule has 18 heavy (non-hydrogen) atoms. The van der Waals surface area contributed by atoms with Crippen molar-refractivity contribution < 1.29 is 4.74 Å². The average molecular weight is 367 g/mol. The van der Waals surface area contributed by atoms with Crippen LogP contribution in [0.3, 0.4) is 0 Å². The number of hydrogen-bond donors (Lipinski definition) is 1. The fraction of sp³-hybridized carbons (Fsp3) is 0.923. The van der Waals surface area contributed by atoms with Crippen molar-refractivity contribution in [2.24, 2.45) is 16.8 Å². The van der Waals surface area contributed by atoms with Crippen LogP contribution >= 0.6 is 24.0 Å². The Morgan fingerprint density at radius 2 is 2.11 bits per heavy atom. The van der Waals surface area contributed by atoms with Crippen LogP contribution in [0.15, 0.2) is 4.99 Å². The highest BCUT2D eigenvalue weighted by Crippen LogP contribution is 2.31. The van der Waals surface area contributed by atoms with Gasteiger partial charge in [0.25, 0.3) is 0 Å². The molecule has 1 saturated heterocycles. The maximum Gasteiger partial charge on any atom is 0.193 e. The van der Waals surface area contributed by atoms with E-state index >= 15 is 0 Å². The van der Waals surface area contributed by atoms with Gasteiger partial charge in [-0.3, -0.25) is 4.99 Å². The first-order valence-electron chi connectivity index (χ1n) is 6.79. The molecule has 5 heteroatoms. The average Bonchev–Trinajstić information content (AvgIpc) is 3.01. The third-order valence-corrected chi connectivity index (χ3v) is 3.66. The van der Waals surface area contributed by atoms with Gasteiger partial charge in [-0.05, 0) is 18.8 Å². The van der Waals surface area contributed by atoms with Crippen molar-refractivity contribution >= 4 is 29.9 Å². The zero-order valence-electron chi connectivity index (χ0n) is 11.5. The van der Waals surface area contributed by atoms with Crippen LogP contribution in [0.2, 0.25) is 0 Å². The molecule has 1 unspecified atom stereocenters. The molecule has 0 aromatic rings. The lowest BCUT2D eigenvalue weighted by molar-refractivity contribution is 0.181. The standard InChI is InChI=1S/C13H25N3O.HI/c1-14-13(15-7-5-11-3-4-11)16(2)9-12-6-8-17-10-12;/h11-12H,3-10H2,1-2H3,(H,14,15);1H. The number of halogens is 1. The van der Waals surface area contributed by atoms with Gasteiger partial charge in [0, 0.05) is 39.7 Å². The van der Waals surface area contributed by atoms with Gasteiger partial charge in [-0.1, -0.05) is 12.8 Å². The van der Waals surface area contributed by atoms with Crippen molar-refractivity contribution in [2.45, 2.75) is 25.7 Å². The Morgan fingerprint density at radius 3 is 2.67 bits per heavy atom. The quantitative estimate of drug-likeness (QED) is 0.459. The summed E-state index contributed by atoms with van der Waals surface area (Å²) in [4.78, 5) is 6.57. The third kappa shape index (κ3) is 5.30. The fourth-order valence-electron chi connectivity index (χ4n) is 2.38. The summed E-state index contributed by atoms with van der Waals surface area (Å²) in [6, 6.07) is 0. The number of rotatable bonds is 5. The molecule has 1 N–H and O–H groups in total. The van der Waals surface area contributed by atoms with E-state index in [1.165, 1.54) is 25.7 Å². The number of hydrogen-bond acceptors (Lipinski definition) is 2. The Morgan fingerprint density at radius 1 is 1.33 bits per heavy atom. The summed E-state index contributed by atoms with van der Waals surface area (Å²) in [5.41, 5.74) is 0. The molecule has 1 aliphatic carbocycles. The van der Waals surface area contributed by atoms with Crippen LogP contribution in [-0.4, -0.2) is 51.3 Å². The SMILES string of the molecule is CN=C(NCCC1CC1)N(C)CC1CCOC1.I. The first kappa shape index (κ1) is 16.0. The molecule has 0 radical (unpaired) electrons. The first-order chi connectivity index (χ1) is 8.29. The number of guanidine groups is 1. The van der Waals surface area contributed by atoms with E-state index in [1.54, 1.807) is 0 Å². The molecule has 0 bridgehead atoms. The molecule has 1 saturated carbocycles. The summed E-state index contributed by atoms with van der Waals surface area (Å²) in [6.45, 7) is 3.93. The van der Waals surface area contributed by atoms with E-state index in [0.29, 0.717) is 5.92 Å². The number of ether oxygens (including phenoxy) is 1. The van der Waals surface area contributed by atoms with E-state index in [2.05, 4.69) is 22.3 Å². The van der Waals surface area contributed by atoms with Crippen molar-refractivity contribution in [3.63, 3.8) is 0 Å². The number of aliphatic imine (C=N–C) groups is 1. The molecule has 4 nitrogen and oxygen atoms in total. The molecule has 2 fully saturated rings. The second-order valence-corrected chi connectivity index (χ2v) is 5.32. The maximum atomic E-state index is 5.41. The van der Waals surface area contributed by atoms with Crippen LogP contribution in [0.5, 0.6) is 0 Å². The van der Waals surface area contributed by atoms with Crippen LogP contribution < -0.4 is 5.32 Å². The smallest absolute Gasteiger partial charge is 0.193 e. The molecule has 1 heterocycles. The summed E-state index contributed by atoms with van der Waals surface area (Å²) in [6.07, 6.45) is 5.33. The van der Waals surface area contributed by atoms with Gasteiger partial charge in [-0.15, -0.1) is 24.0 Å². The minimum Gasteiger partial charge on any atom is -0.381 e. The Balaban J connectivity index is 0.00000162. The van der Waals surface area contributed by atoms with Crippen molar-refractivity contribution in [3.05, 3.63) is 0 Å². The Bertz CT molecular complexity index is 263. The third-order valence-electron chi connectivity index (χ3n) is 3.66. The summed E-state index contributed by atoms with van der Waals surface area (Å²) < 4.78 is 5.41. The van der Waals surface area contributed by atoms with Gasteiger partial charge in [-0.25, -0.2) is 0 Å². The lowest BCUT2D eigenvalue weighted by atomic mass is 10.1. The van der Waals surface area contributed by atoms with Gasteiger partial charge in [0.15, 0.2) is 5.96 Å². The summed E-state index contributed by atoms with van der Waals surface area (Å²) >= 11 is 0. The van der Waals surface area contributed by atoms with Crippen molar-refractivity contribution in [1.29, 1.82) is 0 Å². The normalized spacial score (nSPS) is 23.7. The Kier molecular flexibility index (Phi) is 7.29. The van der Waals surface area contributed by atoms with Gasteiger partial charge >= 0.3 is 0 Å². The van der Waals surface area contributed by atoms with Gasteiger partial charge < -0.3 is 15.0 Å². The number of nitrogens with one attached hydrogen (secondary N) is 1. The molecule has 0 aromatic heterocycles.